The molecule has 4 amide bonds. The molecule has 0 fully saturated rings. The molecule has 0 radical (unpaired) electrons. The van der Waals surface area contributed by atoms with E-state index in [2.05, 4.69) is 63.6 Å². The Morgan fingerprint density at radius 2 is 0.806 bits per heavy atom. The van der Waals surface area contributed by atoms with E-state index in [1.165, 1.54) is 0 Å². The lowest BCUT2D eigenvalue weighted by Crippen LogP contribution is -3.00. The maximum absolute atomic E-state index is 11.5. The van der Waals surface area contributed by atoms with Gasteiger partial charge in [0.05, 0.1) is 55.4 Å². The van der Waals surface area contributed by atoms with Crippen LogP contribution in [0.15, 0.2) is 0 Å². The average molecular weight is 604 g/mol. The lowest BCUT2D eigenvalue weighted by Gasteiger charge is -2.24. The summed E-state index contributed by atoms with van der Waals surface area (Å²) in [5.74, 6) is 1.14. The van der Waals surface area contributed by atoms with Crippen molar-refractivity contribution in [3.8, 4) is 0 Å². The number of nitrogens with zero attached hydrogens (tertiary/aromatic N) is 3. The van der Waals surface area contributed by atoms with Crippen molar-refractivity contribution in [3.63, 3.8) is 0 Å². The van der Waals surface area contributed by atoms with Crippen LogP contribution in [-0.2, 0) is 0 Å². The second kappa shape index (κ2) is 29.1. The van der Waals surface area contributed by atoms with Gasteiger partial charge < -0.3 is 59.9 Å². The highest BCUT2D eigenvalue weighted by molar-refractivity contribution is 6.18. The van der Waals surface area contributed by atoms with Crippen molar-refractivity contribution in [1.29, 1.82) is 0 Å². The highest BCUT2D eigenvalue weighted by Crippen LogP contribution is 1.93. The lowest BCUT2D eigenvalue weighted by molar-refractivity contribution is -0.870. The summed E-state index contributed by atoms with van der Waals surface area (Å²) in [5.41, 5.74) is 0. The molecule has 222 valence electrons. The summed E-state index contributed by atoms with van der Waals surface area (Å²) in [4.78, 5) is 24.3. The fourth-order valence-electron chi connectivity index (χ4n) is 2.17. The zero-order valence-corrected chi connectivity index (χ0v) is 27.2. The number of alkyl halides is 2. The minimum atomic E-state index is -0.148. The Bertz CT molecular complexity index is 451. The standard InChI is InChI=1S/C13H31N4O.C7H14Cl2N2O.C3H9N.2ClH/c1-16(2,3)11-7-9-14-13(18)15-10-8-12-17(4,5)6;8-3-1-5-10-7(12)11-6-2-4-9;1-4(2)3;;/h7-12H2,1-6H3,(H-,14,15,18);1-6H2,(H2,10,11,12);1-3H3;2*1H/q+1;;;;/p-1. The van der Waals surface area contributed by atoms with Crippen molar-refractivity contribution < 1.29 is 43.4 Å². The van der Waals surface area contributed by atoms with Crippen molar-refractivity contribution in [1.82, 2.24) is 26.2 Å². The number of carbonyl (C=O) groups excluding carboxylic acids is 2. The number of amides is 4. The highest BCUT2D eigenvalue weighted by atomic mass is 35.5. The lowest BCUT2D eigenvalue weighted by atomic mass is 10.3. The third-order valence-electron chi connectivity index (χ3n) is 3.77. The van der Waals surface area contributed by atoms with Gasteiger partial charge in [-0.1, -0.05) is 0 Å². The van der Waals surface area contributed by atoms with Gasteiger partial charge in [0.2, 0.25) is 0 Å². The number of nitrogens with one attached hydrogen (secondary N) is 4. The second-order valence-corrected chi connectivity index (χ2v) is 11.3. The monoisotopic (exact) mass is 601 g/mol. The smallest absolute Gasteiger partial charge is 0.314 e. The normalized spacial score (nSPS) is 10.3. The largest absolute Gasteiger partial charge is 1.00 e. The van der Waals surface area contributed by atoms with Crippen LogP contribution in [0.2, 0.25) is 0 Å². The fraction of sp³-hybridized carbons (Fsp3) is 0.913. The van der Waals surface area contributed by atoms with Crippen LogP contribution in [-0.4, -0.2) is 140 Å². The molecule has 0 aliphatic carbocycles. The first-order valence-corrected chi connectivity index (χ1v) is 13.1. The summed E-state index contributed by atoms with van der Waals surface area (Å²) < 4.78 is 1.87. The molecule has 0 rings (SSSR count). The maximum Gasteiger partial charge on any atom is 0.314 e. The molecule has 0 aromatic carbocycles. The van der Waals surface area contributed by atoms with E-state index in [1.807, 2.05) is 26.0 Å². The summed E-state index contributed by atoms with van der Waals surface area (Å²) >= 11 is 10.8. The zero-order chi connectivity index (χ0) is 27.0. The fourth-order valence-corrected chi connectivity index (χ4v) is 2.44. The van der Waals surface area contributed by atoms with Gasteiger partial charge in [-0.25, -0.2) is 9.59 Å². The first-order chi connectivity index (χ1) is 15.6. The van der Waals surface area contributed by atoms with Gasteiger partial charge in [0.15, 0.2) is 0 Å². The molecule has 0 aromatic rings. The molecule has 0 bridgehead atoms. The van der Waals surface area contributed by atoms with Crippen LogP contribution in [0.3, 0.4) is 0 Å². The predicted molar refractivity (Wildman–Crippen MR) is 148 cm³/mol. The third kappa shape index (κ3) is 54.5. The van der Waals surface area contributed by atoms with E-state index in [-0.39, 0.29) is 36.9 Å². The number of carbonyl (C=O) groups is 2. The van der Waals surface area contributed by atoms with Crippen molar-refractivity contribution in [3.05, 3.63) is 0 Å². The van der Waals surface area contributed by atoms with Gasteiger partial charge in [-0.3, -0.25) is 0 Å². The first kappa shape index (κ1) is 45.5. The van der Waals surface area contributed by atoms with Crippen molar-refractivity contribution >= 4 is 35.3 Å². The minimum absolute atomic E-state index is 0. The van der Waals surface area contributed by atoms with E-state index in [0.717, 1.165) is 60.8 Å². The Balaban J connectivity index is -0.000000155. The maximum atomic E-state index is 11.5. The SMILES string of the molecule is CN(C)C.C[N+](C)(C)CCCNC(=O)NCCC[N+](C)(C)C.O=C(NCCCCl)NCCCCl.[Cl-].[Cl-]. The van der Waals surface area contributed by atoms with Crippen LogP contribution in [0.1, 0.15) is 25.7 Å². The molecule has 0 aromatic heterocycles. The molecule has 0 saturated heterocycles. The molecule has 13 heteroatoms. The van der Waals surface area contributed by atoms with Crippen molar-refractivity contribution in [2.24, 2.45) is 0 Å². The van der Waals surface area contributed by atoms with Crippen LogP contribution in [0, 0.1) is 0 Å². The molecular weight excluding hydrogens is 548 g/mol. The van der Waals surface area contributed by atoms with Crippen molar-refractivity contribution in [2.45, 2.75) is 25.7 Å². The topological polar surface area (TPSA) is 85.5 Å². The quantitative estimate of drug-likeness (QED) is 0.0935. The third-order valence-corrected chi connectivity index (χ3v) is 4.31. The van der Waals surface area contributed by atoms with Gasteiger partial charge in [0.25, 0.3) is 0 Å². The second-order valence-electron chi connectivity index (χ2n) is 10.5. The van der Waals surface area contributed by atoms with E-state index in [0.29, 0.717) is 24.8 Å². The van der Waals surface area contributed by atoms with Crippen LogP contribution >= 0.6 is 23.2 Å². The van der Waals surface area contributed by atoms with E-state index in [4.69, 9.17) is 23.2 Å². The number of hydrogen-bond acceptors (Lipinski definition) is 3. The molecule has 0 heterocycles. The molecule has 4 N–H and O–H groups in total. The molecule has 0 aliphatic heterocycles. The number of rotatable bonds is 14. The van der Waals surface area contributed by atoms with Gasteiger partial charge in [-0.15, -0.1) is 23.2 Å². The predicted octanol–water partition coefficient (Wildman–Crippen LogP) is -3.79. The van der Waals surface area contributed by atoms with Gasteiger partial charge in [0, 0.05) is 50.8 Å². The van der Waals surface area contributed by atoms with E-state index >= 15 is 0 Å². The van der Waals surface area contributed by atoms with Gasteiger partial charge >= 0.3 is 12.1 Å². The van der Waals surface area contributed by atoms with E-state index < -0.39 is 0 Å². The number of urea groups is 2. The summed E-state index contributed by atoms with van der Waals surface area (Å²) in [7, 11) is 18.9. The zero-order valence-electron chi connectivity index (χ0n) is 24.2. The Hall–Kier alpha value is -0.420. The van der Waals surface area contributed by atoms with Crippen LogP contribution in [0.25, 0.3) is 0 Å². The number of halogens is 4. The Labute approximate surface area is 244 Å². The molecule has 0 atom stereocenters. The molecular formula is C23H55Cl4N7O2. The minimum Gasteiger partial charge on any atom is -1.00 e. The molecule has 0 aliphatic rings. The summed E-state index contributed by atoms with van der Waals surface area (Å²) in [5, 5.41) is 11.1. The van der Waals surface area contributed by atoms with E-state index in [1.54, 1.807) is 0 Å². The summed E-state index contributed by atoms with van der Waals surface area (Å²) in [6.07, 6.45) is 3.61. The number of quaternary nitrogens is 2. The van der Waals surface area contributed by atoms with Crippen LogP contribution in [0.5, 0.6) is 0 Å². The number of hydrogen-bond donors (Lipinski definition) is 4. The Morgan fingerprint density at radius 1 is 0.583 bits per heavy atom. The highest BCUT2D eigenvalue weighted by Gasteiger charge is 2.08. The molecule has 0 saturated carbocycles. The average Bonchev–Trinajstić information content (AvgIpc) is 2.68. The molecule has 0 unspecified atom stereocenters. The van der Waals surface area contributed by atoms with Crippen molar-refractivity contribution in [2.75, 3.05) is 114 Å². The van der Waals surface area contributed by atoms with Crippen LogP contribution < -0.4 is 46.1 Å². The Kier molecular flexibility index (Phi) is 36.8. The summed E-state index contributed by atoms with van der Waals surface area (Å²) in [6.45, 7) is 4.88. The Morgan fingerprint density at radius 3 is 1.00 bits per heavy atom. The van der Waals surface area contributed by atoms with Gasteiger partial charge in [0.1, 0.15) is 0 Å². The van der Waals surface area contributed by atoms with Gasteiger partial charge in [-0.2, -0.15) is 0 Å². The molecule has 9 nitrogen and oxygen atoms in total. The molecule has 0 spiro atoms. The first-order valence-electron chi connectivity index (χ1n) is 12.0. The van der Waals surface area contributed by atoms with E-state index in [9.17, 15) is 9.59 Å². The van der Waals surface area contributed by atoms with Gasteiger partial charge in [-0.05, 0) is 34.0 Å². The van der Waals surface area contributed by atoms with Crippen LogP contribution in [0.4, 0.5) is 9.59 Å². The molecule has 36 heavy (non-hydrogen) atoms. The summed E-state index contributed by atoms with van der Waals surface area (Å²) in [6, 6.07) is -0.192.